The molecule has 0 saturated heterocycles. The second-order valence-corrected chi connectivity index (χ2v) is 5.82. The second kappa shape index (κ2) is 6.04. The molecule has 1 aliphatic carbocycles. The molecule has 0 unspecified atom stereocenters. The number of benzene rings is 1. The van der Waals surface area contributed by atoms with E-state index < -0.39 is 6.10 Å². The maximum Gasteiger partial charge on any atom is 0.251 e. The van der Waals surface area contributed by atoms with Crippen molar-refractivity contribution in [2.45, 2.75) is 37.8 Å². The summed E-state index contributed by atoms with van der Waals surface area (Å²) in [5.74, 6) is -0.185. The van der Waals surface area contributed by atoms with E-state index in [1.165, 1.54) is 0 Å². The SMILES string of the molecule is O=C(N[C@@H]1CCCC[C@H]1O)c1ccc(Br)c(Cl)c1. The van der Waals surface area contributed by atoms with E-state index in [2.05, 4.69) is 21.2 Å². The fraction of sp³-hybridized carbons (Fsp3) is 0.462. The molecule has 2 N–H and O–H groups in total. The number of nitrogens with one attached hydrogen (secondary N) is 1. The molecule has 0 heterocycles. The van der Waals surface area contributed by atoms with Gasteiger partial charge in [-0.05, 0) is 47.0 Å². The fourth-order valence-electron chi connectivity index (χ4n) is 2.17. The molecule has 1 amide bonds. The molecule has 0 aliphatic heterocycles. The topological polar surface area (TPSA) is 49.3 Å². The zero-order valence-corrected chi connectivity index (χ0v) is 12.2. The van der Waals surface area contributed by atoms with Gasteiger partial charge in [-0.1, -0.05) is 24.4 Å². The van der Waals surface area contributed by atoms with Gasteiger partial charge in [-0.25, -0.2) is 0 Å². The molecule has 0 radical (unpaired) electrons. The maximum absolute atomic E-state index is 12.0. The van der Waals surface area contributed by atoms with Crippen molar-refractivity contribution in [1.29, 1.82) is 0 Å². The standard InChI is InChI=1S/C13H15BrClNO2/c14-9-6-5-8(7-10(9)15)13(18)16-11-3-1-2-4-12(11)17/h5-7,11-12,17H,1-4H2,(H,16,18)/t11-,12-/m1/s1. The number of hydrogen-bond donors (Lipinski definition) is 2. The number of aliphatic hydroxyl groups is 1. The first-order chi connectivity index (χ1) is 8.58. The lowest BCUT2D eigenvalue weighted by Crippen LogP contribution is -2.45. The minimum absolute atomic E-state index is 0.145. The van der Waals surface area contributed by atoms with Gasteiger partial charge in [0.2, 0.25) is 0 Å². The van der Waals surface area contributed by atoms with Crippen LogP contribution in [0.25, 0.3) is 0 Å². The molecular formula is C13H15BrClNO2. The third-order valence-electron chi connectivity index (χ3n) is 3.23. The zero-order chi connectivity index (χ0) is 13.1. The third kappa shape index (κ3) is 3.25. The molecule has 1 fully saturated rings. The number of rotatable bonds is 2. The molecule has 1 saturated carbocycles. The highest BCUT2D eigenvalue weighted by Crippen LogP contribution is 2.24. The number of aliphatic hydroxyl groups excluding tert-OH is 1. The van der Waals surface area contributed by atoms with Crippen molar-refractivity contribution in [3.63, 3.8) is 0 Å². The van der Waals surface area contributed by atoms with Gasteiger partial charge in [0.1, 0.15) is 0 Å². The molecule has 3 nitrogen and oxygen atoms in total. The van der Waals surface area contributed by atoms with Crippen molar-refractivity contribution >= 4 is 33.4 Å². The highest BCUT2D eigenvalue weighted by atomic mass is 79.9. The van der Waals surface area contributed by atoms with Crippen LogP contribution >= 0.6 is 27.5 Å². The first-order valence-electron chi connectivity index (χ1n) is 6.02. The molecule has 98 valence electrons. The number of halogens is 2. The quantitative estimate of drug-likeness (QED) is 0.874. The lowest BCUT2D eigenvalue weighted by molar-refractivity contribution is 0.0717. The van der Waals surface area contributed by atoms with Crippen LogP contribution in [-0.2, 0) is 0 Å². The normalized spacial score (nSPS) is 23.7. The van der Waals surface area contributed by atoms with Gasteiger partial charge in [0.25, 0.3) is 5.91 Å². The Balaban J connectivity index is 2.04. The number of hydrogen-bond acceptors (Lipinski definition) is 2. The molecule has 1 aromatic carbocycles. The zero-order valence-electron chi connectivity index (χ0n) is 9.83. The van der Waals surface area contributed by atoms with E-state index in [1.807, 2.05) is 0 Å². The van der Waals surface area contributed by atoms with Crippen LogP contribution < -0.4 is 5.32 Å². The highest BCUT2D eigenvalue weighted by Gasteiger charge is 2.24. The van der Waals surface area contributed by atoms with Crippen molar-refractivity contribution in [2.24, 2.45) is 0 Å². The molecule has 2 atom stereocenters. The average Bonchev–Trinajstić information content (AvgIpc) is 2.35. The van der Waals surface area contributed by atoms with Crippen molar-refractivity contribution in [3.8, 4) is 0 Å². The first-order valence-corrected chi connectivity index (χ1v) is 7.19. The summed E-state index contributed by atoms with van der Waals surface area (Å²) in [6.07, 6.45) is 3.22. The molecule has 0 spiro atoms. The molecule has 2 rings (SSSR count). The molecule has 1 aliphatic rings. The minimum atomic E-state index is -0.436. The predicted molar refractivity (Wildman–Crippen MR) is 74.9 cm³/mol. The van der Waals surface area contributed by atoms with E-state index in [4.69, 9.17) is 11.6 Å². The largest absolute Gasteiger partial charge is 0.391 e. The third-order valence-corrected chi connectivity index (χ3v) is 4.46. The number of carbonyl (C=O) groups is 1. The lowest BCUT2D eigenvalue weighted by Gasteiger charge is -2.28. The number of carbonyl (C=O) groups excluding carboxylic acids is 1. The Morgan fingerprint density at radius 2 is 2.11 bits per heavy atom. The Morgan fingerprint density at radius 1 is 1.39 bits per heavy atom. The van der Waals surface area contributed by atoms with Gasteiger partial charge < -0.3 is 10.4 Å². The Morgan fingerprint density at radius 3 is 2.78 bits per heavy atom. The average molecular weight is 333 g/mol. The molecular weight excluding hydrogens is 318 g/mol. The van der Waals surface area contributed by atoms with Gasteiger partial charge in [0.15, 0.2) is 0 Å². The molecule has 5 heteroatoms. The fourth-order valence-corrected chi connectivity index (χ4v) is 2.60. The van der Waals surface area contributed by atoms with Crippen molar-refractivity contribution < 1.29 is 9.90 Å². The minimum Gasteiger partial charge on any atom is -0.391 e. The summed E-state index contributed by atoms with van der Waals surface area (Å²) in [4.78, 5) is 12.0. The van der Waals surface area contributed by atoms with Gasteiger partial charge in [-0.3, -0.25) is 4.79 Å². The summed E-state index contributed by atoms with van der Waals surface area (Å²) in [6, 6.07) is 4.93. The summed E-state index contributed by atoms with van der Waals surface area (Å²) in [5, 5.41) is 13.2. The van der Waals surface area contributed by atoms with E-state index in [1.54, 1.807) is 18.2 Å². The van der Waals surface area contributed by atoms with Crippen molar-refractivity contribution in [3.05, 3.63) is 33.3 Å². The summed E-state index contributed by atoms with van der Waals surface area (Å²) in [7, 11) is 0. The van der Waals surface area contributed by atoms with Crippen LogP contribution in [0.15, 0.2) is 22.7 Å². The molecule has 0 bridgehead atoms. The number of amides is 1. The first kappa shape index (κ1) is 13.8. The van der Waals surface area contributed by atoms with E-state index in [0.29, 0.717) is 10.6 Å². The van der Waals surface area contributed by atoms with E-state index in [0.717, 1.165) is 30.2 Å². The monoisotopic (exact) mass is 331 g/mol. The van der Waals surface area contributed by atoms with E-state index in [-0.39, 0.29) is 11.9 Å². The van der Waals surface area contributed by atoms with E-state index >= 15 is 0 Å². The van der Waals surface area contributed by atoms with E-state index in [9.17, 15) is 9.90 Å². The van der Waals surface area contributed by atoms with Crippen LogP contribution in [0.3, 0.4) is 0 Å². The van der Waals surface area contributed by atoms with Crippen LogP contribution in [0.5, 0.6) is 0 Å². The molecule has 1 aromatic rings. The molecule has 0 aromatic heterocycles. The maximum atomic E-state index is 12.0. The summed E-state index contributed by atoms with van der Waals surface area (Å²) >= 11 is 9.24. The van der Waals surface area contributed by atoms with Gasteiger partial charge in [0.05, 0.1) is 17.2 Å². The Bertz CT molecular complexity index is 453. The van der Waals surface area contributed by atoms with Gasteiger partial charge in [-0.15, -0.1) is 0 Å². The highest BCUT2D eigenvalue weighted by molar-refractivity contribution is 9.10. The summed E-state index contributed by atoms with van der Waals surface area (Å²) < 4.78 is 0.762. The van der Waals surface area contributed by atoms with Gasteiger partial charge in [-0.2, -0.15) is 0 Å². The predicted octanol–water partition coefficient (Wildman–Crippen LogP) is 3.14. The van der Waals surface area contributed by atoms with Gasteiger partial charge in [0, 0.05) is 10.0 Å². The van der Waals surface area contributed by atoms with Crippen LogP contribution in [0.4, 0.5) is 0 Å². The molecule has 18 heavy (non-hydrogen) atoms. The summed E-state index contributed by atoms with van der Waals surface area (Å²) in [6.45, 7) is 0. The van der Waals surface area contributed by atoms with Gasteiger partial charge >= 0.3 is 0 Å². The van der Waals surface area contributed by atoms with Crippen LogP contribution in [0.2, 0.25) is 5.02 Å². The Hall–Kier alpha value is -0.580. The Kier molecular flexibility index (Phi) is 4.65. The lowest BCUT2D eigenvalue weighted by atomic mass is 9.92. The van der Waals surface area contributed by atoms with Crippen LogP contribution in [0, 0.1) is 0 Å². The smallest absolute Gasteiger partial charge is 0.251 e. The second-order valence-electron chi connectivity index (χ2n) is 4.56. The van der Waals surface area contributed by atoms with Crippen molar-refractivity contribution in [2.75, 3.05) is 0 Å². The Labute approximate surface area is 120 Å². The van der Waals surface area contributed by atoms with Crippen molar-refractivity contribution in [1.82, 2.24) is 5.32 Å². The summed E-state index contributed by atoms with van der Waals surface area (Å²) in [5.41, 5.74) is 0.515. The van der Waals surface area contributed by atoms with Crippen LogP contribution in [-0.4, -0.2) is 23.2 Å². The van der Waals surface area contributed by atoms with Crippen LogP contribution in [0.1, 0.15) is 36.0 Å².